The molecule has 0 aliphatic rings. The van der Waals surface area contributed by atoms with E-state index in [9.17, 15) is 0 Å². The van der Waals surface area contributed by atoms with Crippen LogP contribution in [0.1, 0.15) is 39.5 Å². The lowest BCUT2D eigenvalue weighted by molar-refractivity contribution is 0.678. The van der Waals surface area contributed by atoms with Crippen LogP contribution in [0.5, 0.6) is 0 Å². The molecule has 0 fully saturated rings. The van der Waals surface area contributed by atoms with Crippen LogP contribution in [0.4, 0.5) is 11.5 Å². The Hall–Kier alpha value is -1.25. The monoisotopic (exact) mass is 221 g/mol. The second kappa shape index (κ2) is 7.09. The molecule has 0 amide bonds. The van der Waals surface area contributed by atoms with E-state index in [1.165, 1.54) is 31.4 Å². The fourth-order valence-electron chi connectivity index (χ4n) is 1.70. The third-order valence-electron chi connectivity index (χ3n) is 2.69. The molecular formula is C13H23N3. The summed E-state index contributed by atoms with van der Waals surface area (Å²) in [5, 5.41) is 0. The number of unbranched alkanes of at least 4 members (excludes halogenated alkanes) is 2. The highest BCUT2D eigenvalue weighted by Crippen LogP contribution is 2.17. The summed E-state index contributed by atoms with van der Waals surface area (Å²) in [6, 6.07) is 4.01. The first kappa shape index (κ1) is 12.8. The summed E-state index contributed by atoms with van der Waals surface area (Å²) in [7, 11) is 0. The topological polar surface area (TPSA) is 42.2 Å². The molecule has 3 nitrogen and oxygen atoms in total. The van der Waals surface area contributed by atoms with Gasteiger partial charge >= 0.3 is 0 Å². The lowest BCUT2D eigenvalue weighted by atomic mass is 10.2. The van der Waals surface area contributed by atoms with E-state index in [0.717, 1.165) is 13.1 Å². The first-order valence-electron chi connectivity index (χ1n) is 6.24. The molecule has 90 valence electrons. The van der Waals surface area contributed by atoms with Crippen molar-refractivity contribution in [3.8, 4) is 0 Å². The minimum absolute atomic E-state index is 0.607. The molecule has 0 saturated heterocycles. The van der Waals surface area contributed by atoms with Crippen molar-refractivity contribution in [2.45, 2.75) is 39.5 Å². The SMILES string of the molecule is CCCCN(CCCC)c1ccnc(N)c1. The van der Waals surface area contributed by atoms with Gasteiger partial charge in [0.2, 0.25) is 0 Å². The zero-order chi connectivity index (χ0) is 11.8. The Morgan fingerprint density at radius 1 is 1.19 bits per heavy atom. The third-order valence-corrected chi connectivity index (χ3v) is 2.69. The predicted molar refractivity (Wildman–Crippen MR) is 70.7 cm³/mol. The molecule has 1 aromatic heterocycles. The molecule has 0 radical (unpaired) electrons. The summed E-state index contributed by atoms with van der Waals surface area (Å²) in [6.07, 6.45) is 6.69. The zero-order valence-corrected chi connectivity index (χ0v) is 10.4. The first-order valence-corrected chi connectivity index (χ1v) is 6.24. The van der Waals surface area contributed by atoms with Crippen molar-refractivity contribution in [1.82, 2.24) is 4.98 Å². The van der Waals surface area contributed by atoms with Gasteiger partial charge in [0.05, 0.1) is 0 Å². The van der Waals surface area contributed by atoms with Gasteiger partial charge in [0.1, 0.15) is 5.82 Å². The lowest BCUT2D eigenvalue weighted by Gasteiger charge is -2.24. The summed E-state index contributed by atoms with van der Waals surface area (Å²) in [6.45, 7) is 6.66. The molecule has 2 N–H and O–H groups in total. The minimum Gasteiger partial charge on any atom is -0.384 e. The number of hydrogen-bond acceptors (Lipinski definition) is 3. The van der Waals surface area contributed by atoms with Crippen molar-refractivity contribution >= 4 is 11.5 Å². The van der Waals surface area contributed by atoms with E-state index >= 15 is 0 Å². The standard InChI is InChI=1S/C13H23N3/c1-3-5-9-16(10-6-4-2)12-7-8-15-13(14)11-12/h7-8,11H,3-6,9-10H2,1-2H3,(H2,14,15). The maximum absolute atomic E-state index is 5.72. The van der Waals surface area contributed by atoms with Gasteiger partial charge in [-0.3, -0.25) is 0 Å². The molecule has 3 heteroatoms. The van der Waals surface area contributed by atoms with E-state index in [1.807, 2.05) is 12.1 Å². The Labute approximate surface area is 98.7 Å². The second-order valence-electron chi connectivity index (χ2n) is 4.13. The number of nitrogens with zero attached hydrogens (tertiary/aromatic N) is 2. The molecule has 0 aliphatic heterocycles. The van der Waals surface area contributed by atoms with Crippen molar-refractivity contribution in [3.63, 3.8) is 0 Å². The maximum Gasteiger partial charge on any atom is 0.125 e. The quantitative estimate of drug-likeness (QED) is 0.769. The largest absolute Gasteiger partial charge is 0.384 e. The maximum atomic E-state index is 5.72. The van der Waals surface area contributed by atoms with E-state index in [0.29, 0.717) is 5.82 Å². The van der Waals surface area contributed by atoms with E-state index in [1.54, 1.807) is 6.20 Å². The molecule has 0 bridgehead atoms. The van der Waals surface area contributed by atoms with Crippen molar-refractivity contribution in [3.05, 3.63) is 18.3 Å². The smallest absolute Gasteiger partial charge is 0.125 e. The third kappa shape index (κ3) is 4.09. The van der Waals surface area contributed by atoms with Crippen LogP contribution >= 0.6 is 0 Å². The molecule has 0 aromatic carbocycles. The van der Waals surface area contributed by atoms with E-state index in [2.05, 4.69) is 23.7 Å². The molecule has 0 spiro atoms. The molecule has 0 atom stereocenters. The van der Waals surface area contributed by atoms with E-state index in [-0.39, 0.29) is 0 Å². The highest BCUT2D eigenvalue weighted by Gasteiger charge is 2.05. The number of hydrogen-bond donors (Lipinski definition) is 1. The molecular weight excluding hydrogens is 198 g/mol. The van der Waals surface area contributed by atoms with Gasteiger partial charge in [0.25, 0.3) is 0 Å². The van der Waals surface area contributed by atoms with Gasteiger partial charge < -0.3 is 10.6 Å². The van der Waals surface area contributed by atoms with Crippen LogP contribution in [0.3, 0.4) is 0 Å². The van der Waals surface area contributed by atoms with Gasteiger partial charge in [-0.15, -0.1) is 0 Å². The van der Waals surface area contributed by atoms with Crippen molar-refractivity contribution in [2.24, 2.45) is 0 Å². The van der Waals surface area contributed by atoms with Crippen LogP contribution in [-0.2, 0) is 0 Å². The minimum atomic E-state index is 0.607. The van der Waals surface area contributed by atoms with Crippen molar-refractivity contribution in [1.29, 1.82) is 0 Å². The fourth-order valence-corrected chi connectivity index (χ4v) is 1.70. The zero-order valence-electron chi connectivity index (χ0n) is 10.4. The first-order chi connectivity index (χ1) is 7.77. The van der Waals surface area contributed by atoms with E-state index in [4.69, 9.17) is 5.73 Å². The highest BCUT2D eigenvalue weighted by atomic mass is 15.1. The van der Waals surface area contributed by atoms with Crippen LogP contribution < -0.4 is 10.6 Å². The van der Waals surface area contributed by atoms with E-state index < -0.39 is 0 Å². The van der Waals surface area contributed by atoms with Crippen LogP contribution in [-0.4, -0.2) is 18.1 Å². The number of nitrogens with two attached hydrogens (primary N) is 1. The molecule has 0 saturated carbocycles. The van der Waals surface area contributed by atoms with Gasteiger partial charge in [-0.05, 0) is 18.9 Å². The summed E-state index contributed by atoms with van der Waals surface area (Å²) < 4.78 is 0. The molecule has 1 aromatic rings. The summed E-state index contributed by atoms with van der Waals surface area (Å²) >= 11 is 0. The molecule has 1 heterocycles. The Kier molecular flexibility index (Phi) is 5.68. The number of pyridine rings is 1. The van der Waals surface area contributed by atoms with Crippen LogP contribution in [0.15, 0.2) is 18.3 Å². The van der Waals surface area contributed by atoms with Crippen molar-refractivity contribution < 1.29 is 0 Å². The lowest BCUT2D eigenvalue weighted by Crippen LogP contribution is -2.25. The Balaban J connectivity index is 2.66. The second-order valence-corrected chi connectivity index (χ2v) is 4.13. The van der Waals surface area contributed by atoms with Gasteiger partial charge in [0.15, 0.2) is 0 Å². The van der Waals surface area contributed by atoms with Gasteiger partial charge in [-0.2, -0.15) is 0 Å². The van der Waals surface area contributed by atoms with Crippen LogP contribution in [0, 0.1) is 0 Å². The Morgan fingerprint density at radius 2 is 1.81 bits per heavy atom. The fraction of sp³-hybridized carbons (Fsp3) is 0.615. The number of nitrogen functional groups attached to an aromatic ring is 1. The predicted octanol–water partition coefficient (Wildman–Crippen LogP) is 3.07. The van der Waals surface area contributed by atoms with Crippen molar-refractivity contribution in [2.75, 3.05) is 23.7 Å². The number of anilines is 2. The summed E-state index contributed by atoms with van der Waals surface area (Å²) in [4.78, 5) is 6.44. The summed E-state index contributed by atoms with van der Waals surface area (Å²) in [5.74, 6) is 0.607. The van der Waals surface area contributed by atoms with Crippen LogP contribution in [0.2, 0.25) is 0 Å². The Bertz CT molecular complexity index is 291. The number of aromatic nitrogens is 1. The average Bonchev–Trinajstić information content (AvgIpc) is 2.29. The molecule has 0 unspecified atom stereocenters. The summed E-state index contributed by atoms with van der Waals surface area (Å²) in [5.41, 5.74) is 6.92. The molecule has 0 aliphatic carbocycles. The Morgan fingerprint density at radius 3 is 2.31 bits per heavy atom. The van der Waals surface area contributed by atoms with Gasteiger partial charge in [-0.25, -0.2) is 4.98 Å². The molecule has 16 heavy (non-hydrogen) atoms. The van der Waals surface area contributed by atoms with Gasteiger partial charge in [-0.1, -0.05) is 26.7 Å². The number of rotatable bonds is 7. The average molecular weight is 221 g/mol. The normalized spacial score (nSPS) is 10.4. The molecule has 1 rings (SSSR count). The van der Waals surface area contributed by atoms with Crippen LogP contribution in [0.25, 0.3) is 0 Å². The van der Waals surface area contributed by atoms with Gasteiger partial charge in [0, 0.05) is 31.0 Å². The highest BCUT2D eigenvalue weighted by molar-refractivity contribution is 5.51.